The molecule has 2 rings (SSSR count). The van der Waals surface area contributed by atoms with Crippen LogP contribution in [0, 0.1) is 18.6 Å². The van der Waals surface area contributed by atoms with Crippen LogP contribution in [-0.2, 0) is 5.92 Å². The SMILES string of the molecule is Cc1cnc(C(F)(F)C(CN(N)/C=N\N)c2ccc(F)cc2F)cn1. The number of halogens is 4. The van der Waals surface area contributed by atoms with E-state index in [9.17, 15) is 17.6 Å². The molecule has 0 radical (unpaired) electrons. The van der Waals surface area contributed by atoms with E-state index >= 15 is 0 Å². The smallest absolute Gasteiger partial charge is 0.299 e. The summed E-state index contributed by atoms with van der Waals surface area (Å²) in [6, 6.07) is 2.36. The van der Waals surface area contributed by atoms with E-state index in [1.54, 1.807) is 6.92 Å². The van der Waals surface area contributed by atoms with Gasteiger partial charge < -0.3 is 5.84 Å². The van der Waals surface area contributed by atoms with Gasteiger partial charge in [-0.3, -0.25) is 15.0 Å². The molecule has 1 atom stereocenters. The quantitative estimate of drug-likeness (QED) is 0.272. The first-order valence-electron chi connectivity index (χ1n) is 7.12. The highest BCUT2D eigenvalue weighted by Gasteiger charge is 2.45. The number of nitrogens with two attached hydrogens (primary N) is 2. The first-order chi connectivity index (χ1) is 11.8. The maximum absolute atomic E-state index is 15.0. The molecule has 0 aliphatic rings. The van der Waals surface area contributed by atoms with E-state index in [0.717, 1.165) is 29.7 Å². The molecule has 6 nitrogen and oxygen atoms in total. The van der Waals surface area contributed by atoms with Crippen LogP contribution >= 0.6 is 0 Å². The van der Waals surface area contributed by atoms with Crippen molar-refractivity contribution in [3.63, 3.8) is 0 Å². The number of hydrogen-bond donors (Lipinski definition) is 2. The molecule has 134 valence electrons. The zero-order valence-electron chi connectivity index (χ0n) is 13.2. The summed E-state index contributed by atoms with van der Waals surface area (Å²) in [5, 5.41) is 3.92. The van der Waals surface area contributed by atoms with Gasteiger partial charge in [-0.2, -0.15) is 13.9 Å². The lowest BCUT2D eigenvalue weighted by Gasteiger charge is -2.29. The van der Waals surface area contributed by atoms with Crippen molar-refractivity contribution < 1.29 is 17.6 Å². The summed E-state index contributed by atoms with van der Waals surface area (Å²) >= 11 is 0. The van der Waals surface area contributed by atoms with Crippen molar-refractivity contribution in [3.05, 3.63) is 59.2 Å². The third kappa shape index (κ3) is 4.21. The fourth-order valence-electron chi connectivity index (χ4n) is 2.28. The molecule has 1 unspecified atom stereocenters. The van der Waals surface area contributed by atoms with Gasteiger partial charge in [0.15, 0.2) is 0 Å². The molecule has 1 heterocycles. The number of benzene rings is 1. The van der Waals surface area contributed by atoms with Crippen molar-refractivity contribution in [3.8, 4) is 0 Å². The van der Waals surface area contributed by atoms with E-state index in [1.165, 1.54) is 6.20 Å². The number of alkyl halides is 2. The first kappa shape index (κ1) is 18.6. The van der Waals surface area contributed by atoms with Crippen LogP contribution in [0.5, 0.6) is 0 Å². The minimum Gasteiger partial charge on any atom is -0.322 e. The Morgan fingerprint density at radius 1 is 1.28 bits per heavy atom. The average molecular weight is 356 g/mol. The van der Waals surface area contributed by atoms with Crippen LogP contribution in [0.1, 0.15) is 22.9 Å². The van der Waals surface area contributed by atoms with E-state index in [4.69, 9.17) is 11.7 Å². The van der Waals surface area contributed by atoms with Crippen molar-refractivity contribution in [2.24, 2.45) is 16.8 Å². The van der Waals surface area contributed by atoms with Crippen LogP contribution in [-0.4, -0.2) is 27.9 Å². The Kier molecular flexibility index (Phi) is 5.52. The van der Waals surface area contributed by atoms with Gasteiger partial charge in [0.1, 0.15) is 23.7 Å². The number of hydrogen-bond acceptors (Lipinski definition) is 5. The summed E-state index contributed by atoms with van der Waals surface area (Å²) in [5.41, 5.74) is -0.640. The van der Waals surface area contributed by atoms with E-state index in [2.05, 4.69) is 15.1 Å². The predicted octanol–water partition coefficient (Wildman–Crippen LogP) is 2.02. The fraction of sp³-hybridized carbons (Fsp3) is 0.267. The monoisotopic (exact) mass is 356 g/mol. The standard InChI is InChI=1S/C15H16F4N6/c1-9-5-23-14(6-22-9)15(18,19)12(7-25(21)8-24-20)11-3-2-10(16)4-13(11)17/h2-6,8,12H,7,20-21H2,1H3/b24-8-. The highest BCUT2D eigenvalue weighted by Crippen LogP contribution is 2.42. The molecule has 10 heteroatoms. The van der Waals surface area contributed by atoms with Crippen molar-refractivity contribution in [2.75, 3.05) is 6.54 Å². The molecule has 0 fully saturated rings. The van der Waals surface area contributed by atoms with Gasteiger partial charge in [-0.05, 0) is 18.6 Å². The normalized spacial score (nSPS) is 13.2. The Labute approximate surface area is 141 Å². The van der Waals surface area contributed by atoms with Crippen LogP contribution in [0.25, 0.3) is 0 Å². The van der Waals surface area contributed by atoms with Crippen LogP contribution < -0.4 is 11.7 Å². The Morgan fingerprint density at radius 2 is 2.00 bits per heavy atom. The van der Waals surface area contributed by atoms with Gasteiger partial charge in [-0.1, -0.05) is 6.07 Å². The highest BCUT2D eigenvalue weighted by molar-refractivity contribution is 5.53. The van der Waals surface area contributed by atoms with E-state index in [-0.39, 0.29) is 0 Å². The van der Waals surface area contributed by atoms with E-state index < -0.39 is 41.3 Å². The lowest BCUT2D eigenvalue weighted by atomic mass is 9.90. The van der Waals surface area contributed by atoms with Gasteiger partial charge >= 0.3 is 0 Å². The number of aryl methyl sites for hydroxylation is 1. The van der Waals surface area contributed by atoms with Gasteiger partial charge in [0.25, 0.3) is 5.92 Å². The van der Waals surface area contributed by atoms with Gasteiger partial charge in [-0.25, -0.2) is 14.6 Å². The van der Waals surface area contributed by atoms with Crippen molar-refractivity contribution in [1.29, 1.82) is 0 Å². The van der Waals surface area contributed by atoms with Gasteiger partial charge in [0, 0.05) is 18.8 Å². The molecule has 0 bridgehead atoms. The molecule has 25 heavy (non-hydrogen) atoms. The summed E-state index contributed by atoms with van der Waals surface area (Å²) in [4.78, 5) is 7.46. The molecular weight excluding hydrogens is 340 g/mol. The Bertz CT molecular complexity index is 750. The Morgan fingerprint density at radius 3 is 2.56 bits per heavy atom. The summed E-state index contributed by atoms with van der Waals surface area (Å²) in [6.45, 7) is 1.04. The lowest BCUT2D eigenvalue weighted by Crippen LogP contribution is -2.40. The van der Waals surface area contributed by atoms with Gasteiger partial charge in [0.05, 0.1) is 17.8 Å². The molecule has 2 aromatic rings. The van der Waals surface area contributed by atoms with Crippen LogP contribution in [0.15, 0.2) is 35.7 Å². The molecule has 0 amide bonds. The second kappa shape index (κ2) is 7.43. The molecule has 0 spiro atoms. The minimum absolute atomic E-state index is 0.422. The Hall–Kier alpha value is -2.75. The van der Waals surface area contributed by atoms with E-state index in [1.807, 2.05) is 0 Å². The second-order valence-electron chi connectivity index (χ2n) is 5.35. The van der Waals surface area contributed by atoms with Crippen molar-refractivity contribution in [2.45, 2.75) is 18.8 Å². The second-order valence-corrected chi connectivity index (χ2v) is 5.35. The maximum Gasteiger partial charge on any atom is 0.299 e. The number of hydrazone groups is 1. The molecule has 1 aromatic heterocycles. The number of nitrogens with zero attached hydrogens (tertiary/aromatic N) is 4. The predicted molar refractivity (Wildman–Crippen MR) is 83.3 cm³/mol. The zero-order chi connectivity index (χ0) is 18.6. The molecule has 0 saturated carbocycles. The molecule has 0 saturated heterocycles. The molecule has 0 aliphatic carbocycles. The Balaban J connectivity index is 2.50. The lowest BCUT2D eigenvalue weighted by molar-refractivity contribution is -0.0446. The van der Waals surface area contributed by atoms with Crippen molar-refractivity contribution in [1.82, 2.24) is 15.0 Å². The summed E-state index contributed by atoms with van der Waals surface area (Å²) < 4.78 is 57.3. The topological polar surface area (TPSA) is 93.4 Å². The third-order valence-corrected chi connectivity index (χ3v) is 3.51. The number of rotatable bonds is 6. The average Bonchev–Trinajstić information content (AvgIpc) is 2.54. The number of aromatic nitrogens is 2. The fourth-order valence-corrected chi connectivity index (χ4v) is 2.28. The maximum atomic E-state index is 15.0. The van der Waals surface area contributed by atoms with Crippen LogP contribution in [0.4, 0.5) is 17.6 Å². The van der Waals surface area contributed by atoms with E-state index in [0.29, 0.717) is 11.8 Å². The molecule has 0 aliphatic heterocycles. The summed E-state index contributed by atoms with van der Waals surface area (Å²) in [5.74, 6) is 3.06. The van der Waals surface area contributed by atoms with Gasteiger partial charge in [0.2, 0.25) is 0 Å². The van der Waals surface area contributed by atoms with Gasteiger partial charge in [-0.15, -0.1) is 0 Å². The molecule has 1 aromatic carbocycles. The zero-order valence-corrected chi connectivity index (χ0v) is 13.2. The minimum atomic E-state index is -3.64. The van der Waals surface area contributed by atoms with Crippen LogP contribution in [0.2, 0.25) is 0 Å². The molecule has 4 N–H and O–H groups in total. The third-order valence-electron chi connectivity index (χ3n) is 3.51. The van der Waals surface area contributed by atoms with Crippen LogP contribution in [0.3, 0.4) is 0 Å². The molecular formula is C15H16F4N6. The summed E-state index contributed by atoms with van der Waals surface area (Å²) in [7, 11) is 0. The van der Waals surface area contributed by atoms with Crippen molar-refractivity contribution >= 4 is 6.34 Å². The number of hydrazine groups is 1. The first-order valence-corrected chi connectivity index (χ1v) is 7.12. The largest absolute Gasteiger partial charge is 0.322 e. The highest BCUT2D eigenvalue weighted by atomic mass is 19.3. The summed E-state index contributed by atoms with van der Waals surface area (Å²) in [6.07, 6.45) is 2.98.